The van der Waals surface area contributed by atoms with Crippen molar-refractivity contribution in [1.29, 1.82) is 0 Å². The van der Waals surface area contributed by atoms with Crippen LogP contribution in [-0.2, 0) is 4.74 Å². The Labute approximate surface area is 102 Å². The Morgan fingerprint density at radius 3 is 3.38 bits per heavy atom. The Morgan fingerprint density at radius 2 is 2.50 bits per heavy atom. The summed E-state index contributed by atoms with van der Waals surface area (Å²) in [5.74, 6) is 1.00. The minimum absolute atomic E-state index is 0.412. The molecule has 16 heavy (non-hydrogen) atoms. The molecule has 1 aliphatic rings. The molecule has 5 heteroatoms. The Bertz CT molecular complexity index is 480. The van der Waals surface area contributed by atoms with Gasteiger partial charge in [0, 0.05) is 12.4 Å². The number of thioether (sulfide) groups is 1. The Balaban J connectivity index is 1.75. The van der Waals surface area contributed by atoms with Gasteiger partial charge < -0.3 is 4.74 Å². The summed E-state index contributed by atoms with van der Waals surface area (Å²) in [6.45, 7) is 0.920. The predicted molar refractivity (Wildman–Crippen MR) is 67.1 cm³/mol. The van der Waals surface area contributed by atoms with Crippen LogP contribution in [0.1, 0.15) is 12.8 Å². The summed E-state index contributed by atoms with van der Waals surface area (Å²) < 4.78 is 6.81. The lowest BCUT2D eigenvalue weighted by atomic mass is 10.3. The summed E-state index contributed by atoms with van der Waals surface area (Å²) >= 11 is 3.50. The number of hydrogen-bond acceptors (Lipinski definition) is 5. The average molecular weight is 252 g/mol. The van der Waals surface area contributed by atoms with Crippen LogP contribution >= 0.6 is 23.1 Å². The standard InChI is InChI=1S/C11H12N2OS2/c1-2-8(14-4-1)6-16-11-10-9(3-5-15-10)12-7-13-11/h3,5,7-8H,1-2,4,6H2. The zero-order valence-electron chi connectivity index (χ0n) is 8.76. The summed E-state index contributed by atoms with van der Waals surface area (Å²) in [4.78, 5) is 8.58. The first kappa shape index (κ1) is 10.5. The summed E-state index contributed by atoms with van der Waals surface area (Å²) in [7, 11) is 0. The lowest BCUT2D eigenvalue weighted by Gasteiger charge is -2.07. The van der Waals surface area contributed by atoms with Crippen LogP contribution in [0, 0.1) is 0 Å². The molecule has 0 spiro atoms. The quantitative estimate of drug-likeness (QED) is 0.621. The van der Waals surface area contributed by atoms with Crippen LogP contribution in [-0.4, -0.2) is 28.4 Å². The highest BCUT2D eigenvalue weighted by Gasteiger charge is 2.16. The lowest BCUT2D eigenvalue weighted by molar-refractivity contribution is 0.129. The molecule has 84 valence electrons. The van der Waals surface area contributed by atoms with Crippen LogP contribution in [0.4, 0.5) is 0 Å². The van der Waals surface area contributed by atoms with Crippen molar-refractivity contribution >= 4 is 33.3 Å². The van der Waals surface area contributed by atoms with Gasteiger partial charge in [0.1, 0.15) is 11.4 Å². The summed E-state index contributed by atoms with van der Waals surface area (Å²) in [5, 5.41) is 3.16. The fourth-order valence-electron chi connectivity index (χ4n) is 1.82. The molecule has 0 saturated carbocycles. The molecular formula is C11H12N2OS2. The number of rotatable bonds is 3. The fourth-order valence-corrected chi connectivity index (χ4v) is 3.83. The maximum Gasteiger partial charge on any atom is 0.117 e. The molecule has 3 nitrogen and oxygen atoms in total. The summed E-state index contributed by atoms with van der Waals surface area (Å²) in [6, 6.07) is 2.04. The molecule has 1 fully saturated rings. The van der Waals surface area contributed by atoms with Crippen LogP contribution in [0.3, 0.4) is 0 Å². The molecule has 0 N–H and O–H groups in total. The molecule has 0 aliphatic carbocycles. The minimum Gasteiger partial charge on any atom is -0.377 e. The minimum atomic E-state index is 0.412. The summed E-state index contributed by atoms with van der Waals surface area (Å²) in [5.41, 5.74) is 1.05. The fraction of sp³-hybridized carbons (Fsp3) is 0.455. The van der Waals surface area contributed by atoms with Crippen LogP contribution in [0.2, 0.25) is 0 Å². The van der Waals surface area contributed by atoms with E-state index in [9.17, 15) is 0 Å². The lowest BCUT2D eigenvalue weighted by Crippen LogP contribution is -2.07. The van der Waals surface area contributed by atoms with E-state index in [1.165, 1.54) is 17.5 Å². The highest BCUT2D eigenvalue weighted by atomic mass is 32.2. The summed E-state index contributed by atoms with van der Waals surface area (Å²) in [6.07, 6.45) is 4.44. The smallest absolute Gasteiger partial charge is 0.117 e. The second-order valence-corrected chi connectivity index (χ2v) is 5.68. The Hall–Kier alpha value is -0.650. The van der Waals surface area contributed by atoms with Gasteiger partial charge in [0.25, 0.3) is 0 Å². The molecular weight excluding hydrogens is 240 g/mol. The van der Waals surface area contributed by atoms with Crippen molar-refractivity contribution in [2.24, 2.45) is 0 Å². The number of fused-ring (bicyclic) bond motifs is 1. The van der Waals surface area contributed by atoms with Crippen LogP contribution < -0.4 is 0 Å². The highest BCUT2D eigenvalue weighted by Crippen LogP contribution is 2.30. The predicted octanol–water partition coefficient (Wildman–Crippen LogP) is 2.96. The second kappa shape index (κ2) is 4.69. The van der Waals surface area contributed by atoms with Gasteiger partial charge in [0.15, 0.2) is 0 Å². The third-order valence-corrected chi connectivity index (χ3v) is 4.80. The maximum absolute atomic E-state index is 5.61. The van der Waals surface area contributed by atoms with Crippen molar-refractivity contribution in [3.63, 3.8) is 0 Å². The molecule has 1 unspecified atom stereocenters. The third-order valence-electron chi connectivity index (χ3n) is 2.64. The number of aromatic nitrogens is 2. The number of nitrogens with zero attached hydrogens (tertiary/aromatic N) is 2. The topological polar surface area (TPSA) is 35.0 Å². The van der Waals surface area contributed by atoms with Gasteiger partial charge >= 0.3 is 0 Å². The van der Waals surface area contributed by atoms with E-state index in [2.05, 4.69) is 15.3 Å². The third kappa shape index (κ3) is 2.07. The molecule has 0 radical (unpaired) electrons. The van der Waals surface area contributed by atoms with Crippen molar-refractivity contribution in [3.8, 4) is 0 Å². The van der Waals surface area contributed by atoms with Gasteiger partial charge in [-0.2, -0.15) is 0 Å². The van der Waals surface area contributed by atoms with E-state index >= 15 is 0 Å². The van der Waals surface area contributed by atoms with Gasteiger partial charge in [-0.05, 0) is 24.3 Å². The first-order chi connectivity index (χ1) is 7.93. The van der Waals surface area contributed by atoms with Crippen LogP contribution in [0.15, 0.2) is 22.8 Å². The van der Waals surface area contributed by atoms with Gasteiger partial charge in [-0.3, -0.25) is 0 Å². The Morgan fingerprint density at radius 1 is 1.50 bits per heavy atom. The van der Waals surface area contributed by atoms with E-state index in [1.807, 2.05) is 6.07 Å². The van der Waals surface area contributed by atoms with Crippen molar-refractivity contribution in [2.45, 2.75) is 24.0 Å². The number of hydrogen-bond donors (Lipinski definition) is 0. The molecule has 1 saturated heterocycles. The van der Waals surface area contributed by atoms with E-state index < -0.39 is 0 Å². The zero-order chi connectivity index (χ0) is 10.8. The second-order valence-electron chi connectivity index (χ2n) is 3.76. The molecule has 1 aliphatic heterocycles. The average Bonchev–Trinajstić information content (AvgIpc) is 2.97. The Kier molecular flexibility index (Phi) is 3.08. The molecule has 0 bridgehead atoms. The van der Waals surface area contributed by atoms with E-state index in [1.54, 1.807) is 29.4 Å². The molecule has 1 atom stereocenters. The van der Waals surface area contributed by atoms with Gasteiger partial charge in [-0.25, -0.2) is 9.97 Å². The monoisotopic (exact) mass is 252 g/mol. The molecule has 2 aromatic rings. The SMILES string of the molecule is c1nc(SCC2CCCO2)c2sccc2n1. The van der Waals surface area contributed by atoms with Gasteiger partial charge in [0.2, 0.25) is 0 Å². The van der Waals surface area contributed by atoms with Gasteiger partial charge in [-0.1, -0.05) is 0 Å². The molecule has 0 amide bonds. The van der Waals surface area contributed by atoms with E-state index in [0.29, 0.717) is 6.10 Å². The van der Waals surface area contributed by atoms with Crippen LogP contribution in [0.5, 0.6) is 0 Å². The highest BCUT2D eigenvalue weighted by molar-refractivity contribution is 7.99. The zero-order valence-corrected chi connectivity index (χ0v) is 10.4. The van der Waals surface area contributed by atoms with Crippen molar-refractivity contribution < 1.29 is 4.74 Å². The van der Waals surface area contributed by atoms with Gasteiger partial charge in [0.05, 0.1) is 16.3 Å². The molecule has 0 aromatic carbocycles. The van der Waals surface area contributed by atoms with Gasteiger partial charge in [-0.15, -0.1) is 23.1 Å². The molecule has 2 aromatic heterocycles. The number of ether oxygens (including phenoxy) is 1. The first-order valence-electron chi connectivity index (χ1n) is 5.36. The maximum atomic E-state index is 5.61. The van der Waals surface area contributed by atoms with Crippen molar-refractivity contribution in [2.75, 3.05) is 12.4 Å². The van der Waals surface area contributed by atoms with Crippen molar-refractivity contribution in [3.05, 3.63) is 17.8 Å². The first-order valence-corrected chi connectivity index (χ1v) is 7.22. The number of thiophene rings is 1. The normalized spacial score (nSPS) is 20.6. The van der Waals surface area contributed by atoms with Crippen molar-refractivity contribution in [1.82, 2.24) is 9.97 Å². The van der Waals surface area contributed by atoms with E-state index in [-0.39, 0.29) is 0 Å². The van der Waals surface area contributed by atoms with E-state index in [4.69, 9.17) is 4.74 Å². The molecule has 3 heterocycles. The van der Waals surface area contributed by atoms with Crippen LogP contribution in [0.25, 0.3) is 10.2 Å². The van der Waals surface area contributed by atoms with E-state index in [0.717, 1.165) is 22.9 Å². The molecule has 3 rings (SSSR count). The largest absolute Gasteiger partial charge is 0.377 e.